The molecule has 0 spiro atoms. The first kappa shape index (κ1) is 24.2. The number of methoxy groups -OCH3 is 4. The standard InChI is InChI=1S/C24H26N2O6S/c1-29-20-10-8-17(23(13-20)31-3)15-25(33-22-7-5-6-19(12-22)26(27)28)16-18-9-11-21(30-2)14-24(18)32-4/h5-14H,15-16H2,1-4H3. The Balaban J connectivity index is 1.94. The van der Waals surface area contributed by atoms with Gasteiger partial charge in [0.2, 0.25) is 0 Å². The molecular weight excluding hydrogens is 444 g/mol. The Morgan fingerprint density at radius 3 is 1.79 bits per heavy atom. The number of non-ortho nitro benzene ring substituents is 1. The van der Waals surface area contributed by atoms with Gasteiger partial charge in [0.05, 0.1) is 33.4 Å². The summed E-state index contributed by atoms with van der Waals surface area (Å²) < 4.78 is 23.8. The Morgan fingerprint density at radius 1 is 0.788 bits per heavy atom. The van der Waals surface area contributed by atoms with E-state index < -0.39 is 4.92 Å². The molecule has 0 N–H and O–H groups in total. The summed E-state index contributed by atoms with van der Waals surface area (Å²) in [6.45, 7) is 1.02. The van der Waals surface area contributed by atoms with Crippen LogP contribution in [0.2, 0.25) is 0 Å². The van der Waals surface area contributed by atoms with Gasteiger partial charge in [-0.1, -0.05) is 18.2 Å². The van der Waals surface area contributed by atoms with Gasteiger partial charge < -0.3 is 18.9 Å². The first-order chi connectivity index (χ1) is 16.0. The number of nitrogens with zero attached hydrogens (tertiary/aromatic N) is 2. The molecule has 0 saturated carbocycles. The van der Waals surface area contributed by atoms with Crippen LogP contribution in [0.4, 0.5) is 5.69 Å². The lowest BCUT2D eigenvalue weighted by Gasteiger charge is -2.23. The minimum atomic E-state index is -0.395. The van der Waals surface area contributed by atoms with Gasteiger partial charge in [0.25, 0.3) is 5.69 Å². The molecule has 0 aromatic heterocycles. The molecule has 174 valence electrons. The minimum absolute atomic E-state index is 0.0454. The van der Waals surface area contributed by atoms with Crippen molar-refractivity contribution in [2.24, 2.45) is 0 Å². The lowest BCUT2D eigenvalue weighted by atomic mass is 10.1. The van der Waals surface area contributed by atoms with Gasteiger partial charge in [0, 0.05) is 53.4 Å². The van der Waals surface area contributed by atoms with Crippen molar-refractivity contribution in [1.29, 1.82) is 0 Å². The number of rotatable bonds is 11. The molecule has 8 nitrogen and oxygen atoms in total. The van der Waals surface area contributed by atoms with E-state index in [-0.39, 0.29) is 5.69 Å². The van der Waals surface area contributed by atoms with Crippen LogP contribution in [-0.2, 0) is 13.1 Å². The minimum Gasteiger partial charge on any atom is -0.497 e. The van der Waals surface area contributed by atoms with E-state index in [2.05, 4.69) is 4.31 Å². The number of nitro benzene ring substituents is 1. The molecule has 0 atom stereocenters. The predicted octanol–water partition coefficient (Wildman–Crippen LogP) is 5.34. The summed E-state index contributed by atoms with van der Waals surface area (Å²) in [5.74, 6) is 2.79. The second-order valence-corrected chi connectivity index (χ2v) is 8.17. The molecular formula is C24H26N2O6S. The molecule has 0 fully saturated rings. The van der Waals surface area contributed by atoms with Crippen LogP contribution in [0.25, 0.3) is 0 Å². The van der Waals surface area contributed by atoms with Gasteiger partial charge in [0.15, 0.2) is 0 Å². The van der Waals surface area contributed by atoms with Crippen molar-refractivity contribution in [1.82, 2.24) is 4.31 Å². The number of ether oxygens (including phenoxy) is 4. The summed E-state index contributed by atoms with van der Waals surface area (Å²) in [7, 11) is 6.44. The van der Waals surface area contributed by atoms with E-state index in [0.29, 0.717) is 36.1 Å². The molecule has 0 aliphatic rings. The monoisotopic (exact) mass is 470 g/mol. The summed E-state index contributed by atoms with van der Waals surface area (Å²) in [5.41, 5.74) is 1.94. The third-order valence-electron chi connectivity index (χ3n) is 4.94. The van der Waals surface area contributed by atoms with E-state index in [1.165, 1.54) is 18.0 Å². The van der Waals surface area contributed by atoms with Crippen LogP contribution >= 0.6 is 11.9 Å². The maximum atomic E-state index is 11.2. The van der Waals surface area contributed by atoms with Gasteiger partial charge in [-0.3, -0.25) is 10.1 Å². The number of hydrogen-bond acceptors (Lipinski definition) is 8. The average molecular weight is 471 g/mol. The van der Waals surface area contributed by atoms with Crippen molar-refractivity contribution in [3.05, 3.63) is 81.9 Å². The van der Waals surface area contributed by atoms with Crippen LogP contribution in [0.1, 0.15) is 11.1 Å². The summed E-state index contributed by atoms with van der Waals surface area (Å²) in [6, 6.07) is 17.9. The summed E-state index contributed by atoms with van der Waals surface area (Å²) >= 11 is 1.42. The van der Waals surface area contributed by atoms with Gasteiger partial charge in [0.1, 0.15) is 23.0 Å². The van der Waals surface area contributed by atoms with Crippen molar-refractivity contribution in [2.45, 2.75) is 18.0 Å². The Morgan fingerprint density at radius 2 is 1.33 bits per heavy atom. The molecule has 9 heteroatoms. The average Bonchev–Trinajstić information content (AvgIpc) is 2.84. The van der Waals surface area contributed by atoms with E-state index in [0.717, 1.165) is 16.0 Å². The van der Waals surface area contributed by atoms with Crippen LogP contribution in [-0.4, -0.2) is 37.7 Å². The molecule has 3 rings (SSSR count). The van der Waals surface area contributed by atoms with Crippen molar-refractivity contribution in [3.63, 3.8) is 0 Å². The van der Waals surface area contributed by atoms with Gasteiger partial charge in [-0.25, -0.2) is 4.31 Å². The zero-order valence-electron chi connectivity index (χ0n) is 18.9. The smallest absolute Gasteiger partial charge is 0.270 e. The molecule has 0 saturated heterocycles. The molecule has 0 heterocycles. The quantitative estimate of drug-likeness (QED) is 0.211. The molecule has 3 aromatic carbocycles. The largest absolute Gasteiger partial charge is 0.497 e. The molecule has 0 aliphatic carbocycles. The van der Waals surface area contributed by atoms with Gasteiger partial charge in [-0.15, -0.1) is 0 Å². The highest BCUT2D eigenvalue weighted by atomic mass is 32.2. The Bertz CT molecular complexity index is 1050. The van der Waals surface area contributed by atoms with Crippen LogP contribution in [0, 0.1) is 10.1 Å². The van der Waals surface area contributed by atoms with Crippen LogP contribution < -0.4 is 18.9 Å². The van der Waals surface area contributed by atoms with E-state index in [9.17, 15) is 10.1 Å². The van der Waals surface area contributed by atoms with Crippen molar-refractivity contribution in [3.8, 4) is 23.0 Å². The molecule has 0 aliphatic heterocycles. The van der Waals surface area contributed by atoms with Gasteiger partial charge in [-0.05, 0) is 30.1 Å². The number of nitro groups is 1. The second-order valence-electron chi connectivity index (χ2n) is 7.00. The highest BCUT2D eigenvalue weighted by molar-refractivity contribution is 7.97. The molecule has 33 heavy (non-hydrogen) atoms. The van der Waals surface area contributed by atoms with Crippen LogP contribution in [0.3, 0.4) is 0 Å². The number of benzene rings is 3. The number of hydrogen-bond donors (Lipinski definition) is 0. The Kier molecular flexibility index (Phi) is 8.39. The van der Waals surface area contributed by atoms with Gasteiger partial charge in [-0.2, -0.15) is 0 Å². The lowest BCUT2D eigenvalue weighted by Crippen LogP contribution is -2.16. The highest BCUT2D eigenvalue weighted by Crippen LogP contribution is 2.34. The second kappa shape index (κ2) is 11.4. The molecule has 0 unspecified atom stereocenters. The Labute approximate surface area is 197 Å². The van der Waals surface area contributed by atoms with Crippen molar-refractivity contribution in [2.75, 3.05) is 28.4 Å². The van der Waals surface area contributed by atoms with E-state index in [1.807, 2.05) is 42.5 Å². The third kappa shape index (κ3) is 6.30. The fourth-order valence-electron chi connectivity index (χ4n) is 3.27. The van der Waals surface area contributed by atoms with E-state index >= 15 is 0 Å². The molecule has 0 radical (unpaired) electrons. The van der Waals surface area contributed by atoms with Gasteiger partial charge >= 0.3 is 0 Å². The first-order valence-corrected chi connectivity index (χ1v) is 10.8. The molecule has 3 aromatic rings. The normalized spacial score (nSPS) is 10.7. The summed E-state index contributed by atoms with van der Waals surface area (Å²) in [5, 5.41) is 11.2. The van der Waals surface area contributed by atoms with Crippen molar-refractivity contribution >= 4 is 17.6 Å². The topological polar surface area (TPSA) is 83.3 Å². The zero-order valence-corrected chi connectivity index (χ0v) is 19.8. The summed E-state index contributed by atoms with van der Waals surface area (Å²) in [6.07, 6.45) is 0. The first-order valence-electron chi connectivity index (χ1n) is 10.1. The predicted molar refractivity (Wildman–Crippen MR) is 127 cm³/mol. The van der Waals surface area contributed by atoms with E-state index in [4.69, 9.17) is 18.9 Å². The fourth-order valence-corrected chi connectivity index (χ4v) is 4.29. The van der Waals surface area contributed by atoms with E-state index in [1.54, 1.807) is 40.6 Å². The Hall–Kier alpha value is -3.43. The SMILES string of the molecule is COc1ccc(CN(Cc2ccc(OC)cc2OC)Sc2cccc([N+](=O)[O-])c2)c(OC)c1. The van der Waals surface area contributed by atoms with Crippen LogP contribution in [0.5, 0.6) is 23.0 Å². The maximum absolute atomic E-state index is 11.2. The van der Waals surface area contributed by atoms with Crippen LogP contribution in [0.15, 0.2) is 65.6 Å². The lowest BCUT2D eigenvalue weighted by molar-refractivity contribution is -0.385. The maximum Gasteiger partial charge on any atom is 0.270 e. The molecule has 0 bridgehead atoms. The van der Waals surface area contributed by atoms with Crippen molar-refractivity contribution < 1.29 is 23.9 Å². The fraction of sp³-hybridized carbons (Fsp3) is 0.250. The highest BCUT2D eigenvalue weighted by Gasteiger charge is 2.17. The zero-order chi connectivity index (χ0) is 23.8. The summed E-state index contributed by atoms with van der Waals surface area (Å²) in [4.78, 5) is 11.6. The third-order valence-corrected chi connectivity index (χ3v) is 5.93. The molecule has 0 amide bonds.